The van der Waals surface area contributed by atoms with Gasteiger partial charge in [0, 0.05) is 24.8 Å². The number of unbranched alkanes of at least 4 members (excludes halogenated alkanes) is 2. The van der Waals surface area contributed by atoms with Gasteiger partial charge in [0.2, 0.25) is 0 Å². The van der Waals surface area contributed by atoms with Crippen LogP contribution in [0.4, 0.5) is 0 Å². The lowest BCUT2D eigenvalue weighted by molar-refractivity contribution is -0.189. The predicted molar refractivity (Wildman–Crippen MR) is 106 cm³/mol. The van der Waals surface area contributed by atoms with Gasteiger partial charge >= 0.3 is 17.6 Å². The summed E-state index contributed by atoms with van der Waals surface area (Å²) >= 11 is 0. The second-order valence-corrected chi connectivity index (χ2v) is 7.75. The molecule has 2 atom stereocenters. The first-order chi connectivity index (χ1) is 13.7. The van der Waals surface area contributed by atoms with Crippen LogP contribution in [0.2, 0.25) is 0 Å². The number of carbonyl (C=O) groups excluding carboxylic acids is 2. The minimum Gasteiger partial charge on any atom is -0.483 e. The Bertz CT molecular complexity index is 973. The van der Waals surface area contributed by atoms with Crippen molar-refractivity contribution in [2.75, 3.05) is 0 Å². The highest BCUT2D eigenvalue weighted by molar-refractivity contribution is 5.83. The number of hydrogen-bond acceptors (Lipinski definition) is 7. The molecule has 0 N–H and O–H groups in total. The van der Waals surface area contributed by atoms with Crippen LogP contribution in [0.3, 0.4) is 0 Å². The molecule has 0 radical (unpaired) electrons. The van der Waals surface area contributed by atoms with Gasteiger partial charge in [-0.15, -0.1) is 0 Å². The first kappa shape index (κ1) is 20.9. The van der Waals surface area contributed by atoms with Gasteiger partial charge in [-0.3, -0.25) is 9.59 Å². The number of carbonyl (C=O) groups is 2. The average Bonchev–Trinajstić information content (AvgIpc) is 2.63. The van der Waals surface area contributed by atoms with E-state index < -0.39 is 29.4 Å². The monoisotopic (exact) mass is 402 g/mol. The van der Waals surface area contributed by atoms with Crippen molar-refractivity contribution in [3.63, 3.8) is 0 Å². The van der Waals surface area contributed by atoms with Crippen molar-refractivity contribution in [3.8, 4) is 5.75 Å². The second kappa shape index (κ2) is 8.27. The fraction of sp³-hybridized carbons (Fsp3) is 0.500. The van der Waals surface area contributed by atoms with E-state index in [0.717, 1.165) is 19.3 Å². The average molecular weight is 402 g/mol. The van der Waals surface area contributed by atoms with Crippen molar-refractivity contribution in [2.24, 2.45) is 0 Å². The van der Waals surface area contributed by atoms with Crippen LogP contribution in [-0.2, 0) is 19.1 Å². The highest BCUT2D eigenvalue weighted by Crippen LogP contribution is 2.46. The first-order valence-corrected chi connectivity index (χ1v) is 9.85. The van der Waals surface area contributed by atoms with Gasteiger partial charge in [-0.05, 0) is 38.5 Å². The Hall–Kier alpha value is -2.83. The van der Waals surface area contributed by atoms with Crippen LogP contribution in [-0.4, -0.2) is 23.6 Å². The van der Waals surface area contributed by atoms with E-state index in [1.165, 1.54) is 13.0 Å². The van der Waals surface area contributed by atoms with Crippen molar-refractivity contribution in [3.05, 3.63) is 40.2 Å². The molecule has 7 heteroatoms. The third kappa shape index (κ3) is 4.44. The van der Waals surface area contributed by atoms with Gasteiger partial charge in [-0.1, -0.05) is 19.8 Å². The SMILES string of the molecule is CCCCCC(=O)OC1C(OC(C)=O)c2c(ccc3ccc(=O)oc23)OC1(C)C. The molecule has 29 heavy (non-hydrogen) atoms. The fourth-order valence-corrected chi connectivity index (χ4v) is 3.57. The Balaban J connectivity index is 2.07. The van der Waals surface area contributed by atoms with Gasteiger partial charge in [0.1, 0.15) is 16.9 Å². The largest absolute Gasteiger partial charge is 0.483 e. The lowest BCUT2D eigenvalue weighted by atomic mass is 9.87. The van der Waals surface area contributed by atoms with Gasteiger partial charge < -0.3 is 18.6 Å². The van der Waals surface area contributed by atoms with Crippen LogP contribution < -0.4 is 10.4 Å². The molecule has 1 aliphatic heterocycles. The molecule has 0 saturated carbocycles. The van der Waals surface area contributed by atoms with Crippen molar-refractivity contribution in [2.45, 2.75) is 71.2 Å². The minimum absolute atomic E-state index is 0.254. The summed E-state index contributed by atoms with van der Waals surface area (Å²) in [5.41, 5.74) is -0.855. The number of fused-ring (bicyclic) bond motifs is 3. The standard InChI is InChI=1S/C22H26O7/c1-5-6-7-8-16(24)28-21-20(26-13(2)23)18-15(29-22(21,3)4)11-9-14-10-12-17(25)27-19(14)18/h9-12,20-21H,5-8H2,1-4H3. The molecule has 2 aromatic rings. The van der Waals surface area contributed by atoms with E-state index >= 15 is 0 Å². The summed E-state index contributed by atoms with van der Waals surface area (Å²) in [5, 5.41) is 0.650. The third-order valence-corrected chi connectivity index (χ3v) is 4.94. The van der Waals surface area contributed by atoms with Crippen LogP contribution in [0.25, 0.3) is 11.0 Å². The van der Waals surface area contributed by atoms with Crippen LogP contribution >= 0.6 is 0 Å². The van der Waals surface area contributed by atoms with Gasteiger partial charge in [-0.25, -0.2) is 4.79 Å². The van der Waals surface area contributed by atoms with Crippen molar-refractivity contribution in [1.29, 1.82) is 0 Å². The Morgan fingerprint density at radius 3 is 2.52 bits per heavy atom. The molecule has 3 rings (SSSR count). The van der Waals surface area contributed by atoms with Crippen molar-refractivity contribution >= 4 is 22.9 Å². The third-order valence-electron chi connectivity index (χ3n) is 4.94. The lowest BCUT2D eigenvalue weighted by Gasteiger charge is -2.43. The molecular formula is C22H26O7. The molecule has 0 fully saturated rings. The summed E-state index contributed by atoms with van der Waals surface area (Å²) in [6.07, 6.45) is 1.03. The van der Waals surface area contributed by atoms with E-state index in [1.807, 2.05) is 0 Å². The number of esters is 2. The Labute approximate surface area is 168 Å². The maximum atomic E-state index is 12.4. The number of ether oxygens (including phenoxy) is 3. The summed E-state index contributed by atoms with van der Waals surface area (Å²) in [4.78, 5) is 36.2. The zero-order valence-electron chi connectivity index (χ0n) is 17.2. The van der Waals surface area contributed by atoms with Crippen LogP contribution in [0, 0.1) is 0 Å². The Kier molecular flexibility index (Phi) is 5.96. The molecule has 0 saturated heterocycles. The first-order valence-electron chi connectivity index (χ1n) is 9.85. The molecule has 1 aliphatic rings. The maximum Gasteiger partial charge on any atom is 0.336 e. The van der Waals surface area contributed by atoms with Gasteiger partial charge in [-0.2, -0.15) is 0 Å². The van der Waals surface area contributed by atoms with Crippen molar-refractivity contribution < 1.29 is 28.2 Å². The highest BCUT2D eigenvalue weighted by Gasteiger charge is 2.49. The summed E-state index contributed by atoms with van der Waals surface area (Å²) in [5.74, 6) is -0.509. The predicted octanol–water partition coefficient (Wildman–Crippen LogP) is 4.06. The van der Waals surface area contributed by atoms with E-state index in [4.69, 9.17) is 18.6 Å². The molecule has 0 aliphatic carbocycles. The topological polar surface area (TPSA) is 92.0 Å². The van der Waals surface area contributed by atoms with E-state index in [0.29, 0.717) is 16.7 Å². The second-order valence-electron chi connectivity index (χ2n) is 7.75. The summed E-state index contributed by atoms with van der Waals surface area (Å²) in [6, 6.07) is 6.43. The Morgan fingerprint density at radius 1 is 1.10 bits per heavy atom. The molecule has 0 spiro atoms. The molecular weight excluding hydrogens is 376 g/mol. The van der Waals surface area contributed by atoms with E-state index in [9.17, 15) is 14.4 Å². The Morgan fingerprint density at radius 2 is 1.83 bits per heavy atom. The molecule has 0 amide bonds. The number of hydrogen-bond donors (Lipinski definition) is 0. The van der Waals surface area contributed by atoms with E-state index in [2.05, 4.69) is 6.92 Å². The van der Waals surface area contributed by atoms with Crippen LogP contribution in [0.5, 0.6) is 5.75 Å². The van der Waals surface area contributed by atoms with Crippen LogP contribution in [0.15, 0.2) is 33.5 Å². The lowest BCUT2D eigenvalue weighted by Crippen LogP contribution is -2.52. The minimum atomic E-state index is -0.962. The molecule has 2 heterocycles. The zero-order chi connectivity index (χ0) is 21.2. The maximum absolute atomic E-state index is 12.4. The van der Waals surface area contributed by atoms with Gasteiger partial charge in [0.05, 0.1) is 5.56 Å². The molecule has 2 unspecified atom stereocenters. The van der Waals surface area contributed by atoms with E-state index in [-0.39, 0.29) is 18.0 Å². The molecule has 156 valence electrons. The van der Waals surface area contributed by atoms with Gasteiger partial charge in [0.15, 0.2) is 12.2 Å². The summed E-state index contributed by atoms with van der Waals surface area (Å²) in [7, 11) is 0. The van der Waals surface area contributed by atoms with Crippen molar-refractivity contribution in [1.82, 2.24) is 0 Å². The quantitative estimate of drug-likeness (QED) is 0.409. The molecule has 0 bridgehead atoms. The number of rotatable bonds is 6. The molecule has 7 nitrogen and oxygen atoms in total. The smallest absolute Gasteiger partial charge is 0.336 e. The zero-order valence-corrected chi connectivity index (χ0v) is 17.2. The van der Waals surface area contributed by atoms with Crippen LogP contribution in [0.1, 0.15) is 65.0 Å². The summed E-state index contributed by atoms with van der Waals surface area (Å²) < 4.78 is 22.8. The van der Waals surface area contributed by atoms with Gasteiger partial charge in [0.25, 0.3) is 0 Å². The van der Waals surface area contributed by atoms with E-state index in [1.54, 1.807) is 32.0 Å². The molecule has 1 aromatic heterocycles. The molecule has 1 aromatic carbocycles. The normalized spacial score (nSPS) is 19.9. The highest BCUT2D eigenvalue weighted by atomic mass is 16.6. The fourth-order valence-electron chi connectivity index (χ4n) is 3.57. The number of benzene rings is 1. The summed E-state index contributed by atoms with van der Waals surface area (Å²) in [6.45, 7) is 6.86.